The Morgan fingerprint density at radius 2 is 1.64 bits per heavy atom. The van der Waals surface area contributed by atoms with Crippen molar-refractivity contribution in [2.75, 3.05) is 0 Å². The first-order valence-corrected chi connectivity index (χ1v) is 13.2. The van der Waals surface area contributed by atoms with Gasteiger partial charge in [-0.3, -0.25) is 19.0 Å². The summed E-state index contributed by atoms with van der Waals surface area (Å²) in [5.41, 5.74) is 1.68. The molecule has 0 fully saturated rings. The summed E-state index contributed by atoms with van der Waals surface area (Å²) >= 11 is 5.88. The molecular formula is C27H27ClF6N6O4. The number of hydrogen-bond donors (Lipinski definition) is 3. The maximum Gasteiger partial charge on any atom is 0.416 e. The highest BCUT2D eigenvalue weighted by Gasteiger charge is 2.33. The zero-order valence-corrected chi connectivity index (χ0v) is 24.0. The number of hydrogen-bond acceptors (Lipinski definition) is 5. The number of alkyl halides is 6. The van der Waals surface area contributed by atoms with Gasteiger partial charge in [-0.05, 0) is 55.8 Å². The molecule has 0 radical (unpaired) electrons. The highest BCUT2D eigenvalue weighted by Crippen LogP contribution is 2.31. The normalized spacial score (nSPS) is 12.9. The third-order valence-electron chi connectivity index (χ3n) is 6.35. The van der Waals surface area contributed by atoms with Gasteiger partial charge in [0.2, 0.25) is 17.7 Å². The van der Waals surface area contributed by atoms with Gasteiger partial charge in [-0.15, -0.1) is 5.10 Å². The molecule has 0 aliphatic carbocycles. The van der Waals surface area contributed by atoms with Gasteiger partial charge in [-0.25, -0.2) is 9.48 Å². The fourth-order valence-corrected chi connectivity index (χ4v) is 4.13. The van der Waals surface area contributed by atoms with E-state index >= 15 is 0 Å². The van der Waals surface area contributed by atoms with E-state index in [9.17, 15) is 45.5 Å². The molecule has 0 spiro atoms. The number of nitrogens with two attached hydrogens (primary N) is 1. The standard InChI is InChI=1S/C27H27ClF6N6O4/c1-25(2,23(35)43)37-20(41)13-19(16-4-3-5-17(12-16)27(32,33)34)36-21(42)14-40-24(44)39(11-10-26(29,30)31)22(38-40)15-6-8-18(28)9-7-15/h3-9,12,19H,10-11,13-14H2,1-2H3,(H2,35,43)(H,36,42)(H,37,41). The van der Waals surface area contributed by atoms with Crippen LogP contribution >= 0.6 is 11.6 Å². The van der Waals surface area contributed by atoms with Gasteiger partial charge in [0, 0.05) is 17.1 Å². The number of rotatable bonds is 11. The minimum atomic E-state index is -4.75. The molecule has 0 bridgehead atoms. The number of benzene rings is 2. The number of primary amides is 1. The van der Waals surface area contributed by atoms with Gasteiger partial charge in [0.05, 0.1) is 24.4 Å². The van der Waals surface area contributed by atoms with Crippen LogP contribution in [0.4, 0.5) is 26.3 Å². The molecular weight excluding hydrogens is 622 g/mol. The van der Waals surface area contributed by atoms with Crippen LogP contribution in [0.5, 0.6) is 0 Å². The predicted molar refractivity (Wildman–Crippen MR) is 146 cm³/mol. The largest absolute Gasteiger partial charge is 0.416 e. The van der Waals surface area contributed by atoms with Crippen LogP contribution in [0.3, 0.4) is 0 Å². The molecule has 4 N–H and O–H groups in total. The van der Waals surface area contributed by atoms with E-state index < -0.39 is 78.8 Å². The fraction of sp³-hybridized carbons (Fsp3) is 0.370. The second kappa shape index (κ2) is 13.1. The minimum absolute atomic E-state index is 0.134. The summed E-state index contributed by atoms with van der Waals surface area (Å²) < 4.78 is 80.5. The van der Waals surface area contributed by atoms with Crippen LogP contribution in [0.25, 0.3) is 11.4 Å². The minimum Gasteiger partial charge on any atom is -0.368 e. The van der Waals surface area contributed by atoms with E-state index in [4.69, 9.17) is 17.3 Å². The molecule has 1 aromatic heterocycles. The lowest BCUT2D eigenvalue weighted by molar-refractivity contribution is -0.138. The van der Waals surface area contributed by atoms with Crippen molar-refractivity contribution in [1.29, 1.82) is 0 Å². The van der Waals surface area contributed by atoms with Crippen LogP contribution in [0, 0.1) is 0 Å². The third-order valence-corrected chi connectivity index (χ3v) is 6.60. The van der Waals surface area contributed by atoms with Crippen molar-refractivity contribution >= 4 is 29.3 Å². The molecule has 2 aromatic carbocycles. The van der Waals surface area contributed by atoms with Crippen molar-refractivity contribution in [1.82, 2.24) is 25.0 Å². The Bertz CT molecular complexity index is 1580. The topological polar surface area (TPSA) is 141 Å². The molecule has 0 aliphatic heterocycles. The first-order chi connectivity index (χ1) is 20.3. The van der Waals surface area contributed by atoms with Crippen LogP contribution in [-0.4, -0.2) is 43.8 Å². The summed E-state index contributed by atoms with van der Waals surface area (Å²) in [6.45, 7) is 0.919. The highest BCUT2D eigenvalue weighted by atomic mass is 35.5. The van der Waals surface area contributed by atoms with Crippen molar-refractivity contribution in [2.24, 2.45) is 5.73 Å². The van der Waals surface area contributed by atoms with E-state index in [-0.39, 0.29) is 17.0 Å². The summed E-state index contributed by atoms with van der Waals surface area (Å²) in [6.07, 6.45) is -11.4. The third kappa shape index (κ3) is 9.08. The number of amides is 3. The number of aromatic nitrogens is 3. The zero-order valence-electron chi connectivity index (χ0n) is 23.2. The van der Waals surface area contributed by atoms with Gasteiger partial charge in [-0.1, -0.05) is 23.7 Å². The maximum absolute atomic E-state index is 13.4. The van der Waals surface area contributed by atoms with E-state index in [0.29, 0.717) is 15.8 Å². The molecule has 3 aromatic rings. The van der Waals surface area contributed by atoms with E-state index in [1.165, 1.54) is 44.2 Å². The highest BCUT2D eigenvalue weighted by molar-refractivity contribution is 6.30. The van der Waals surface area contributed by atoms with Crippen LogP contribution in [0.2, 0.25) is 5.02 Å². The first-order valence-electron chi connectivity index (χ1n) is 12.8. The summed E-state index contributed by atoms with van der Waals surface area (Å²) in [7, 11) is 0. The van der Waals surface area contributed by atoms with E-state index in [2.05, 4.69) is 15.7 Å². The molecule has 0 saturated carbocycles. The van der Waals surface area contributed by atoms with Crippen molar-refractivity contribution in [2.45, 2.75) is 63.7 Å². The van der Waals surface area contributed by atoms with Crippen molar-refractivity contribution < 1.29 is 40.7 Å². The number of nitrogens with zero attached hydrogens (tertiary/aromatic N) is 3. The van der Waals surface area contributed by atoms with Crippen molar-refractivity contribution in [3.8, 4) is 11.4 Å². The predicted octanol–water partition coefficient (Wildman–Crippen LogP) is 3.96. The van der Waals surface area contributed by atoms with Crippen LogP contribution in [0.15, 0.2) is 53.3 Å². The molecule has 17 heteroatoms. The summed E-state index contributed by atoms with van der Waals surface area (Å²) in [5, 5.41) is 9.04. The Balaban J connectivity index is 1.94. The van der Waals surface area contributed by atoms with E-state index in [1.807, 2.05) is 0 Å². The smallest absolute Gasteiger partial charge is 0.368 e. The number of halogens is 7. The van der Waals surface area contributed by atoms with Crippen LogP contribution in [0.1, 0.15) is 43.9 Å². The average Bonchev–Trinajstić information content (AvgIpc) is 3.20. The Labute approximate surface area is 251 Å². The quantitative estimate of drug-likeness (QED) is 0.270. The summed E-state index contributed by atoms with van der Waals surface area (Å²) in [5.74, 6) is -2.94. The Morgan fingerprint density at radius 3 is 2.20 bits per heavy atom. The summed E-state index contributed by atoms with van der Waals surface area (Å²) in [6, 6.07) is 8.06. The van der Waals surface area contributed by atoms with Gasteiger partial charge in [0.1, 0.15) is 12.1 Å². The summed E-state index contributed by atoms with van der Waals surface area (Å²) in [4.78, 5) is 50.5. The van der Waals surface area contributed by atoms with Gasteiger partial charge in [-0.2, -0.15) is 26.3 Å². The second-order valence-corrected chi connectivity index (χ2v) is 10.7. The van der Waals surface area contributed by atoms with Gasteiger partial charge in [0.15, 0.2) is 5.82 Å². The lowest BCUT2D eigenvalue weighted by Gasteiger charge is -2.25. The van der Waals surface area contributed by atoms with E-state index in [1.54, 1.807) is 0 Å². The van der Waals surface area contributed by atoms with Gasteiger partial charge in [0.25, 0.3) is 0 Å². The molecule has 1 unspecified atom stereocenters. The molecule has 1 heterocycles. The first kappa shape index (κ1) is 34.2. The number of carbonyl (C=O) groups is 3. The zero-order chi connectivity index (χ0) is 33.0. The Hall–Kier alpha value is -4.34. The maximum atomic E-state index is 13.4. The van der Waals surface area contributed by atoms with Crippen LogP contribution in [-0.2, 0) is 33.6 Å². The SMILES string of the molecule is CC(C)(NC(=O)CC(NC(=O)Cn1nc(-c2ccc(Cl)cc2)n(CCC(F)(F)F)c1=O)c1cccc(C(F)(F)F)c1)C(N)=O. The molecule has 0 saturated heterocycles. The Morgan fingerprint density at radius 1 is 1.00 bits per heavy atom. The Kier molecular flexibility index (Phi) is 10.2. The monoisotopic (exact) mass is 648 g/mol. The second-order valence-electron chi connectivity index (χ2n) is 10.3. The number of carbonyl (C=O) groups excluding carboxylic acids is 3. The van der Waals surface area contributed by atoms with Gasteiger partial charge >= 0.3 is 18.0 Å². The number of nitrogens with one attached hydrogen (secondary N) is 2. The van der Waals surface area contributed by atoms with Crippen molar-refractivity contribution in [3.63, 3.8) is 0 Å². The van der Waals surface area contributed by atoms with Crippen molar-refractivity contribution in [3.05, 3.63) is 75.2 Å². The molecule has 10 nitrogen and oxygen atoms in total. The average molecular weight is 649 g/mol. The molecule has 238 valence electrons. The van der Waals surface area contributed by atoms with Crippen LogP contribution < -0.4 is 22.1 Å². The molecule has 0 aliphatic rings. The molecule has 3 rings (SSSR count). The van der Waals surface area contributed by atoms with E-state index in [0.717, 1.165) is 16.7 Å². The lowest BCUT2D eigenvalue weighted by atomic mass is 9.99. The van der Waals surface area contributed by atoms with Gasteiger partial charge < -0.3 is 16.4 Å². The fourth-order valence-electron chi connectivity index (χ4n) is 4.00. The molecule has 44 heavy (non-hydrogen) atoms. The lowest BCUT2D eigenvalue weighted by Crippen LogP contribution is -2.53. The molecule has 1 atom stereocenters. The molecule has 3 amide bonds.